The maximum absolute atomic E-state index is 13.4. The maximum Gasteiger partial charge on any atom is 0.328 e. The number of hydrogen-bond acceptors (Lipinski definition) is 5. The fraction of sp³-hybridized carbons (Fsp3) is 0.167. The van der Waals surface area contributed by atoms with Crippen LogP contribution in [0.3, 0.4) is 0 Å². The van der Waals surface area contributed by atoms with Crippen LogP contribution >= 0.6 is 0 Å². The Labute approximate surface area is 196 Å². The Hall–Kier alpha value is -4.05. The predicted octanol–water partition coefficient (Wildman–Crippen LogP) is 2.72. The van der Waals surface area contributed by atoms with Crippen molar-refractivity contribution in [3.05, 3.63) is 83.3 Å². The molecule has 10 heteroatoms. The number of rotatable bonds is 7. The molecule has 0 radical (unpaired) electrons. The largest absolute Gasteiger partial charge is 0.497 e. The molecule has 3 aromatic carbocycles. The van der Waals surface area contributed by atoms with Gasteiger partial charge < -0.3 is 10.1 Å². The minimum absolute atomic E-state index is 0.0688. The first-order chi connectivity index (χ1) is 16.2. The quantitative estimate of drug-likeness (QED) is 0.438. The molecular formula is C24H24N4O5S. The number of anilines is 2. The van der Waals surface area contributed by atoms with Crippen molar-refractivity contribution in [1.29, 1.82) is 0 Å². The lowest BCUT2D eigenvalue weighted by atomic mass is 10.2. The van der Waals surface area contributed by atoms with Crippen molar-refractivity contribution in [2.75, 3.05) is 23.3 Å². The molecule has 1 aromatic heterocycles. The molecule has 4 rings (SSSR count). The van der Waals surface area contributed by atoms with Crippen LogP contribution in [-0.2, 0) is 28.9 Å². The van der Waals surface area contributed by atoms with Crippen molar-refractivity contribution in [2.45, 2.75) is 4.90 Å². The molecule has 1 heterocycles. The van der Waals surface area contributed by atoms with Gasteiger partial charge in [0.1, 0.15) is 12.3 Å². The normalized spacial score (nSPS) is 11.4. The SMILES string of the molecule is COc1ccc(N(CC(=O)Nc2ccc3c(c2)n(C)c(=O)n3C)S(=O)(=O)c2ccccc2)cc1. The van der Waals surface area contributed by atoms with Crippen LogP contribution in [0.25, 0.3) is 11.0 Å². The number of nitrogens with one attached hydrogen (secondary N) is 1. The van der Waals surface area contributed by atoms with Crippen LogP contribution in [0.1, 0.15) is 0 Å². The Morgan fingerprint density at radius 3 is 2.24 bits per heavy atom. The first kappa shape index (κ1) is 23.1. The topological polar surface area (TPSA) is 103 Å². The zero-order valence-corrected chi connectivity index (χ0v) is 19.7. The van der Waals surface area contributed by atoms with E-state index in [1.54, 1.807) is 74.8 Å². The van der Waals surface area contributed by atoms with Crippen molar-refractivity contribution in [3.63, 3.8) is 0 Å². The molecule has 9 nitrogen and oxygen atoms in total. The lowest BCUT2D eigenvalue weighted by Crippen LogP contribution is -2.38. The third-order valence-electron chi connectivity index (χ3n) is 5.53. The van der Waals surface area contributed by atoms with Gasteiger partial charge in [-0.1, -0.05) is 18.2 Å². The molecular weight excluding hydrogens is 456 g/mol. The Balaban J connectivity index is 1.66. The molecule has 1 amide bonds. The molecule has 0 aliphatic heterocycles. The van der Waals surface area contributed by atoms with Crippen LogP contribution in [0, 0.1) is 0 Å². The van der Waals surface area contributed by atoms with E-state index in [1.165, 1.54) is 28.4 Å². The second kappa shape index (κ2) is 9.06. The Bertz CT molecular complexity index is 1510. The number of imidazole rings is 1. The second-order valence-corrected chi connectivity index (χ2v) is 9.54. The van der Waals surface area contributed by atoms with Gasteiger partial charge in [-0.25, -0.2) is 13.2 Å². The third-order valence-corrected chi connectivity index (χ3v) is 7.32. The van der Waals surface area contributed by atoms with E-state index in [0.29, 0.717) is 22.6 Å². The number of aromatic nitrogens is 2. The summed E-state index contributed by atoms with van der Waals surface area (Å²) in [6.07, 6.45) is 0. The molecule has 0 saturated heterocycles. The number of benzene rings is 3. The number of nitrogens with zero attached hydrogens (tertiary/aromatic N) is 3. The van der Waals surface area contributed by atoms with Crippen molar-refractivity contribution < 1.29 is 17.9 Å². The summed E-state index contributed by atoms with van der Waals surface area (Å²) in [6, 6.07) is 19.4. The summed E-state index contributed by atoms with van der Waals surface area (Å²) in [5.74, 6) is 0.0302. The number of fused-ring (bicyclic) bond motifs is 1. The molecule has 0 saturated carbocycles. The number of carbonyl (C=O) groups excluding carboxylic acids is 1. The summed E-state index contributed by atoms with van der Waals surface area (Å²) in [7, 11) is 0.810. The first-order valence-electron chi connectivity index (χ1n) is 10.4. The summed E-state index contributed by atoms with van der Waals surface area (Å²) < 4.78 is 36.0. The van der Waals surface area contributed by atoms with E-state index in [4.69, 9.17) is 4.74 Å². The number of sulfonamides is 1. The van der Waals surface area contributed by atoms with Gasteiger partial charge in [-0.05, 0) is 54.6 Å². The highest BCUT2D eigenvalue weighted by Crippen LogP contribution is 2.26. The molecule has 0 atom stereocenters. The number of carbonyl (C=O) groups is 1. The molecule has 176 valence electrons. The van der Waals surface area contributed by atoms with Crippen LogP contribution in [0.2, 0.25) is 0 Å². The average Bonchev–Trinajstić information content (AvgIpc) is 3.06. The highest BCUT2D eigenvalue weighted by Gasteiger charge is 2.27. The zero-order chi connectivity index (χ0) is 24.5. The van der Waals surface area contributed by atoms with Crippen molar-refractivity contribution in [2.24, 2.45) is 14.1 Å². The molecule has 0 spiro atoms. The van der Waals surface area contributed by atoms with Crippen LogP contribution in [0.5, 0.6) is 5.75 Å². The van der Waals surface area contributed by atoms with Crippen LogP contribution in [0.4, 0.5) is 11.4 Å². The minimum atomic E-state index is -4.02. The van der Waals surface area contributed by atoms with Gasteiger partial charge in [-0.3, -0.25) is 18.2 Å². The fourth-order valence-corrected chi connectivity index (χ4v) is 5.14. The van der Waals surface area contributed by atoms with Crippen molar-refractivity contribution >= 4 is 38.3 Å². The fourth-order valence-electron chi connectivity index (χ4n) is 3.70. The van der Waals surface area contributed by atoms with E-state index in [1.807, 2.05) is 0 Å². The van der Waals surface area contributed by atoms with Gasteiger partial charge in [0, 0.05) is 19.8 Å². The van der Waals surface area contributed by atoms with E-state index < -0.39 is 22.5 Å². The van der Waals surface area contributed by atoms with Gasteiger partial charge in [-0.15, -0.1) is 0 Å². The standard InChI is InChI=1S/C24H24N4O5S/c1-26-21-14-9-17(15-22(21)27(2)24(26)30)25-23(29)16-28(18-10-12-19(33-3)13-11-18)34(31,32)20-7-5-4-6-8-20/h4-15H,16H2,1-3H3,(H,25,29). The van der Waals surface area contributed by atoms with Crippen LogP contribution in [-0.4, -0.2) is 37.1 Å². The van der Waals surface area contributed by atoms with Crippen LogP contribution in [0.15, 0.2) is 82.5 Å². The predicted molar refractivity (Wildman–Crippen MR) is 131 cm³/mol. The molecule has 0 aliphatic carbocycles. The summed E-state index contributed by atoms with van der Waals surface area (Å²) in [4.78, 5) is 25.2. The van der Waals surface area contributed by atoms with Gasteiger partial charge in [0.2, 0.25) is 5.91 Å². The number of aryl methyl sites for hydroxylation is 2. The molecule has 34 heavy (non-hydrogen) atoms. The van der Waals surface area contributed by atoms with Gasteiger partial charge in [0.05, 0.1) is 28.7 Å². The van der Waals surface area contributed by atoms with E-state index in [9.17, 15) is 18.0 Å². The summed E-state index contributed by atoms with van der Waals surface area (Å²) in [5.41, 5.74) is 1.95. The lowest BCUT2D eigenvalue weighted by molar-refractivity contribution is -0.114. The molecule has 0 bridgehead atoms. The number of hydrogen-bond donors (Lipinski definition) is 1. The van der Waals surface area contributed by atoms with E-state index in [0.717, 1.165) is 9.82 Å². The number of amides is 1. The second-order valence-electron chi connectivity index (χ2n) is 7.68. The van der Waals surface area contributed by atoms with E-state index >= 15 is 0 Å². The average molecular weight is 481 g/mol. The molecule has 1 N–H and O–H groups in total. The van der Waals surface area contributed by atoms with E-state index in [-0.39, 0.29) is 10.6 Å². The van der Waals surface area contributed by atoms with Crippen LogP contribution < -0.4 is 20.0 Å². The van der Waals surface area contributed by atoms with Gasteiger partial charge >= 0.3 is 5.69 Å². The Kier molecular flexibility index (Phi) is 6.16. The Morgan fingerprint density at radius 1 is 0.941 bits per heavy atom. The smallest absolute Gasteiger partial charge is 0.328 e. The Morgan fingerprint density at radius 2 is 1.59 bits per heavy atom. The first-order valence-corrected chi connectivity index (χ1v) is 11.8. The van der Waals surface area contributed by atoms with Gasteiger partial charge in [-0.2, -0.15) is 0 Å². The zero-order valence-electron chi connectivity index (χ0n) is 18.9. The number of methoxy groups -OCH3 is 1. The molecule has 0 fully saturated rings. The van der Waals surface area contributed by atoms with Crippen molar-refractivity contribution in [3.8, 4) is 5.75 Å². The maximum atomic E-state index is 13.4. The van der Waals surface area contributed by atoms with E-state index in [2.05, 4.69) is 5.32 Å². The highest BCUT2D eigenvalue weighted by molar-refractivity contribution is 7.92. The number of ether oxygens (including phenoxy) is 1. The van der Waals surface area contributed by atoms with Crippen molar-refractivity contribution in [1.82, 2.24) is 9.13 Å². The molecule has 0 aliphatic rings. The molecule has 4 aromatic rings. The van der Waals surface area contributed by atoms with Gasteiger partial charge in [0.25, 0.3) is 10.0 Å². The summed E-state index contributed by atoms with van der Waals surface area (Å²) in [5, 5.41) is 2.74. The molecule has 0 unspecified atom stereocenters. The minimum Gasteiger partial charge on any atom is -0.497 e. The summed E-state index contributed by atoms with van der Waals surface area (Å²) in [6.45, 7) is -0.449. The van der Waals surface area contributed by atoms with Gasteiger partial charge in [0.15, 0.2) is 0 Å². The summed E-state index contributed by atoms with van der Waals surface area (Å²) >= 11 is 0. The lowest BCUT2D eigenvalue weighted by Gasteiger charge is -2.24. The third kappa shape index (κ3) is 4.27. The highest BCUT2D eigenvalue weighted by atomic mass is 32.2. The monoisotopic (exact) mass is 480 g/mol.